The van der Waals surface area contributed by atoms with Gasteiger partial charge in [-0.1, -0.05) is 13.0 Å². The Morgan fingerprint density at radius 1 is 1.33 bits per heavy atom. The zero-order valence-electron chi connectivity index (χ0n) is 11.9. The molecule has 1 aromatic carbocycles. The summed E-state index contributed by atoms with van der Waals surface area (Å²) in [6, 6.07) is 7.09. The van der Waals surface area contributed by atoms with Crippen molar-refractivity contribution in [3.8, 4) is 6.07 Å². The molecule has 0 bridgehead atoms. The third-order valence-corrected chi connectivity index (χ3v) is 5.58. The molecule has 2 rings (SSSR count). The number of sulfonamides is 1. The van der Waals surface area contributed by atoms with Crippen molar-refractivity contribution in [3.63, 3.8) is 0 Å². The number of benzene rings is 1. The van der Waals surface area contributed by atoms with Gasteiger partial charge in [-0.3, -0.25) is 4.90 Å². The number of hydrogen-bond donors (Lipinski definition) is 0. The van der Waals surface area contributed by atoms with Gasteiger partial charge in [-0.25, -0.2) is 12.8 Å². The van der Waals surface area contributed by atoms with Gasteiger partial charge in [0.05, 0.1) is 17.0 Å². The normalized spacial score (nSPS) is 19.1. The van der Waals surface area contributed by atoms with E-state index in [1.165, 1.54) is 22.5 Å². The number of halogens is 1. The summed E-state index contributed by atoms with van der Waals surface area (Å²) in [7, 11) is -3.66. The van der Waals surface area contributed by atoms with Gasteiger partial charge in [-0.2, -0.15) is 9.57 Å². The molecule has 0 spiro atoms. The maximum Gasteiger partial charge on any atom is 0.243 e. The summed E-state index contributed by atoms with van der Waals surface area (Å²) >= 11 is 0. The van der Waals surface area contributed by atoms with Gasteiger partial charge in [-0.05, 0) is 24.6 Å². The molecule has 1 fully saturated rings. The lowest BCUT2D eigenvalue weighted by molar-refractivity contribution is 0.159. The zero-order chi connectivity index (χ0) is 15.5. The van der Waals surface area contributed by atoms with E-state index in [1.54, 1.807) is 0 Å². The van der Waals surface area contributed by atoms with Crippen molar-refractivity contribution < 1.29 is 12.8 Å². The van der Waals surface area contributed by atoms with Gasteiger partial charge in [0.25, 0.3) is 0 Å². The molecule has 0 radical (unpaired) electrons. The van der Waals surface area contributed by atoms with Crippen LogP contribution in [-0.2, 0) is 10.0 Å². The van der Waals surface area contributed by atoms with E-state index >= 15 is 0 Å². The minimum Gasteiger partial charge on any atom is -0.285 e. The van der Waals surface area contributed by atoms with Crippen molar-refractivity contribution >= 4 is 10.0 Å². The minimum absolute atomic E-state index is 0.0247. The van der Waals surface area contributed by atoms with Crippen molar-refractivity contribution in [1.82, 2.24) is 9.21 Å². The van der Waals surface area contributed by atoms with E-state index < -0.39 is 15.8 Å². The molecule has 1 aromatic rings. The molecule has 0 saturated carbocycles. The van der Waals surface area contributed by atoms with Crippen LogP contribution in [0.4, 0.5) is 4.39 Å². The molecule has 0 aromatic heterocycles. The lowest BCUT2D eigenvalue weighted by Gasteiger charge is -2.35. The van der Waals surface area contributed by atoms with E-state index in [1.807, 2.05) is 11.8 Å². The van der Waals surface area contributed by atoms with Gasteiger partial charge >= 0.3 is 0 Å². The van der Waals surface area contributed by atoms with E-state index in [-0.39, 0.29) is 10.9 Å². The Kier molecular flexibility index (Phi) is 4.93. The monoisotopic (exact) mass is 311 g/mol. The third kappa shape index (κ3) is 3.40. The summed E-state index contributed by atoms with van der Waals surface area (Å²) in [4.78, 5) is 1.96. The highest BCUT2D eigenvalue weighted by Gasteiger charge is 2.30. The number of piperazine rings is 1. The second-order valence-corrected chi connectivity index (χ2v) is 6.89. The molecule has 5 nitrogen and oxygen atoms in total. The molecule has 0 aliphatic carbocycles. The Labute approximate surface area is 124 Å². The summed E-state index contributed by atoms with van der Waals surface area (Å²) in [6.07, 6.45) is 0.715. The number of rotatable bonds is 4. The predicted molar refractivity (Wildman–Crippen MR) is 76.4 cm³/mol. The van der Waals surface area contributed by atoms with E-state index in [2.05, 4.69) is 6.07 Å². The second kappa shape index (κ2) is 6.52. The molecule has 0 N–H and O–H groups in total. The quantitative estimate of drug-likeness (QED) is 0.844. The summed E-state index contributed by atoms with van der Waals surface area (Å²) in [5.41, 5.74) is 0. The Morgan fingerprint density at radius 3 is 2.52 bits per heavy atom. The van der Waals surface area contributed by atoms with Gasteiger partial charge in [-0.15, -0.1) is 0 Å². The smallest absolute Gasteiger partial charge is 0.243 e. The maximum atomic E-state index is 13.2. The van der Waals surface area contributed by atoms with Gasteiger partial charge in [0.2, 0.25) is 10.0 Å². The van der Waals surface area contributed by atoms with Gasteiger partial charge in [0.1, 0.15) is 5.82 Å². The molecule has 0 amide bonds. The van der Waals surface area contributed by atoms with Crippen LogP contribution in [0.5, 0.6) is 0 Å². The molecular formula is C14H18FN3O2S. The lowest BCUT2D eigenvalue weighted by Crippen LogP contribution is -2.51. The maximum absolute atomic E-state index is 13.2. The van der Waals surface area contributed by atoms with Gasteiger partial charge < -0.3 is 0 Å². The van der Waals surface area contributed by atoms with E-state index in [0.717, 1.165) is 6.07 Å². The zero-order valence-corrected chi connectivity index (χ0v) is 12.7. The minimum atomic E-state index is -3.66. The average Bonchev–Trinajstić information content (AvgIpc) is 2.49. The molecule has 7 heteroatoms. The van der Waals surface area contributed by atoms with E-state index in [0.29, 0.717) is 32.6 Å². The van der Waals surface area contributed by atoms with Crippen LogP contribution in [0.2, 0.25) is 0 Å². The van der Waals surface area contributed by atoms with Crippen LogP contribution in [0, 0.1) is 17.1 Å². The topological polar surface area (TPSA) is 64.4 Å². The van der Waals surface area contributed by atoms with E-state index in [9.17, 15) is 12.8 Å². The van der Waals surface area contributed by atoms with Crippen molar-refractivity contribution in [2.24, 2.45) is 0 Å². The molecule has 1 unspecified atom stereocenters. The number of hydrogen-bond acceptors (Lipinski definition) is 4. The van der Waals surface area contributed by atoms with Gasteiger partial charge in [0, 0.05) is 26.2 Å². The summed E-state index contributed by atoms with van der Waals surface area (Å²) < 4.78 is 39.4. The summed E-state index contributed by atoms with van der Waals surface area (Å²) in [6.45, 7) is 3.60. The summed E-state index contributed by atoms with van der Waals surface area (Å²) in [5, 5.41) is 9.05. The molecule has 21 heavy (non-hydrogen) atoms. The average molecular weight is 311 g/mol. The van der Waals surface area contributed by atoms with Crippen molar-refractivity contribution in [2.45, 2.75) is 24.3 Å². The highest BCUT2D eigenvalue weighted by atomic mass is 32.2. The molecule has 114 valence electrons. The Morgan fingerprint density at radius 2 is 2.00 bits per heavy atom. The van der Waals surface area contributed by atoms with Crippen LogP contribution in [-0.4, -0.2) is 49.8 Å². The lowest BCUT2D eigenvalue weighted by atomic mass is 10.2. The largest absolute Gasteiger partial charge is 0.285 e. The molecule has 1 heterocycles. The first-order valence-corrected chi connectivity index (χ1v) is 8.32. The molecule has 1 saturated heterocycles. The van der Waals surface area contributed by atoms with Gasteiger partial charge in [0.15, 0.2) is 0 Å². The van der Waals surface area contributed by atoms with Crippen LogP contribution in [0.3, 0.4) is 0 Å². The van der Waals surface area contributed by atoms with Crippen molar-refractivity contribution in [2.75, 3.05) is 26.2 Å². The standard InChI is InChI=1S/C14H18FN3O2S/c1-2-13(11-16)17-6-8-18(9-7-17)21(19,20)14-5-3-4-12(15)10-14/h3-5,10,13H,2,6-9H2,1H3. The van der Waals surface area contributed by atoms with Crippen LogP contribution in [0.1, 0.15) is 13.3 Å². The third-order valence-electron chi connectivity index (χ3n) is 3.68. The van der Waals surface area contributed by atoms with Crippen LogP contribution in [0.15, 0.2) is 29.2 Å². The van der Waals surface area contributed by atoms with Crippen molar-refractivity contribution in [1.29, 1.82) is 5.26 Å². The fraction of sp³-hybridized carbons (Fsp3) is 0.500. The molecular weight excluding hydrogens is 293 g/mol. The first-order valence-electron chi connectivity index (χ1n) is 6.88. The summed E-state index contributed by atoms with van der Waals surface area (Å²) in [5.74, 6) is -0.565. The fourth-order valence-corrected chi connectivity index (χ4v) is 3.92. The van der Waals surface area contributed by atoms with E-state index in [4.69, 9.17) is 5.26 Å². The Hall–Kier alpha value is -1.49. The predicted octanol–water partition coefficient (Wildman–Crippen LogP) is 1.43. The molecule has 1 atom stereocenters. The van der Waals surface area contributed by atoms with Crippen LogP contribution < -0.4 is 0 Å². The Bertz CT molecular complexity index is 634. The first-order chi connectivity index (χ1) is 9.98. The Balaban J connectivity index is 2.10. The fourth-order valence-electron chi connectivity index (χ4n) is 2.46. The number of nitrogens with zero attached hydrogens (tertiary/aromatic N) is 3. The highest BCUT2D eigenvalue weighted by Crippen LogP contribution is 2.19. The first kappa shape index (κ1) is 15.9. The highest BCUT2D eigenvalue weighted by molar-refractivity contribution is 7.89. The van der Waals surface area contributed by atoms with Crippen LogP contribution in [0.25, 0.3) is 0 Å². The van der Waals surface area contributed by atoms with Crippen LogP contribution >= 0.6 is 0 Å². The second-order valence-electron chi connectivity index (χ2n) is 4.95. The SMILES string of the molecule is CCC(C#N)N1CCN(S(=O)(=O)c2cccc(F)c2)CC1. The van der Waals surface area contributed by atoms with Crippen molar-refractivity contribution in [3.05, 3.63) is 30.1 Å². The molecule has 1 aliphatic heterocycles. The number of nitriles is 1. The molecule has 1 aliphatic rings.